The molecular weight excluding hydrogens is 373 g/mol. The van der Waals surface area contributed by atoms with E-state index in [0.29, 0.717) is 10.2 Å². The summed E-state index contributed by atoms with van der Waals surface area (Å²) in [5, 5.41) is 1.08. The molecule has 0 radical (unpaired) electrons. The quantitative estimate of drug-likeness (QED) is 0.691. The maximum absolute atomic E-state index is 6.04. The second kappa shape index (κ2) is 7.26. The largest absolute Gasteiger partial charge is 0.368 e. The Balaban J connectivity index is 1.44. The van der Waals surface area contributed by atoms with Gasteiger partial charge in [0.15, 0.2) is 0 Å². The topological polar surface area (TPSA) is 75.6 Å². The van der Waals surface area contributed by atoms with E-state index in [4.69, 9.17) is 28.9 Å². The van der Waals surface area contributed by atoms with Crippen LogP contribution in [0.15, 0.2) is 30.6 Å². The number of nitrogens with zero attached hydrogens (tertiary/aromatic N) is 6. The van der Waals surface area contributed by atoms with E-state index >= 15 is 0 Å². The average molecular weight is 392 g/mol. The van der Waals surface area contributed by atoms with E-state index in [1.807, 2.05) is 28.9 Å². The molecule has 0 amide bonds. The van der Waals surface area contributed by atoms with Gasteiger partial charge in [0.2, 0.25) is 5.95 Å². The number of nitrogens with two attached hydrogens (primary N) is 1. The molecule has 26 heavy (non-hydrogen) atoms. The number of rotatable bonds is 3. The first kappa shape index (κ1) is 17.3. The molecule has 1 saturated heterocycles. The van der Waals surface area contributed by atoms with E-state index < -0.39 is 0 Å². The number of hydrogen-bond acceptors (Lipinski definition) is 6. The molecule has 4 rings (SSSR count). The molecule has 3 aromatic heterocycles. The van der Waals surface area contributed by atoms with E-state index in [-0.39, 0.29) is 5.95 Å². The first-order valence-corrected chi connectivity index (χ1v) is 9.23. The van der Waals surface area contributed by atoms with Crippen LogP contribution in [0.1, 0.15) is 12.1 Å². The fraction of sp³-hybridized carbons (Fsp3) is 0.353. The zero-order valence-corrected chi connectivity index (χ0v) is 15.7. The van der Waals surface area contributed by atoms with Crippen LogP contribution in [0.5, 0.6) is 0 Å². The van der Waals surface area contributed by atoms with E-state index in [1.54, 1.807) is 6.07 Å². The lowest BCUT2D eigenvalue weighted by Gasteiger charge is -2.22. The molecule has 2 N–H and O–H groups in total. The third-order valence-corrected chi connectivity index (χ3v) is 4.88. The lowest BCUT2D eigenvalue weighted by atomic mass is 10.3. The van der Waals surface area contributed by atoms with Gasteiger partial charge in [0.05, 0.1) is 10.7 Å². The van der Waals surface area contributed by atoms with Gasteiger partial charge < -0.3 is 15.0 Å². The number of anilines is 2. The van der Waals surface area contributed by atoms with E-state index in [0.717, 1.165) is 56.3 Å². The molecule has 7 nitrogen and oxygen atoms in total. The monoisotopic (exact) mass is 391 g/mol. The highest BCUT2D eigenvalue weighted by Gasteiger charge is 2.18. The van der Waals surface area contributed by atoms with Gasteiger partial charge in [-0.05, 0) is 18.6 Å². The van der Waals surface area contributed by atoms with Crippen molar-refractivity contribution in [3.63, 3.8) is 0 Å². The highest BCUT2D eigenvalue weighted by atomic mass is 35.5. The van der Waals surface area contributed by atoms with Gasteiger partial charge in [0, 0.05) is 51.2 Å². The first-order valence-electron chi connectivity index (χ1n) is 8.47. The van der Waals surface area contributed by atoms with Gasteiger partial charge in [0.25, 0.3) is 0 Å². The Morgan fingerprint density at radius 2 is 1.88 bits per heavy atom. The van der Waals surface area contributed by atoms with Crippen LogP contribution >= 0.6 is 23.2 Å². The smallest absolute Gasteiger partial charge is 0.223 e. The highest BCUT2D eigenvalue weighted by molar-refractivity contribution is 6.30. The zero-order valence-electron chi connectivity index (χ0n) is 14.1. The molecule has 0 saturated carbocycles. The molecule has 3 aromatic rings. The SMILES string of the molecule is Nc1nc(Cl)cc(N2CCCN(Cc3cn4cc(Cl)ccc4n3)CC2)n1. The number of aromatic nitrogens is 4. The summed E-state index contributed by atoms with van der Waals surface area (Å²) >= 11 is 12.1. The molecule has 0 bridgehead atoms. The molecule has 9 heteroatoms. The van der Waals surface area contributed by atoms with Crippen molar-refractivity contribution >= 4 is 40.6 Å². The predicted molar refractivity (Wildman–Crippen MR) is 104 cm³/mol. The molecule has 0 aliphatic carbocycles. The molecule has 0 spiro atoms. The van der Waals surface area contributed by atoms with E-state index in [1.165, 1.54) is 0 Å². The van der Waals surface area contributed by atoms with Crippen LogP contribution in [-0.4, -0.2) is 50.4 Å². The van der Waals surface area contributed by atoms with Crippen LogP contribution in [0.2, 0.25) is 10.2 Å². The average Bonchev–Trinajstić information content (AvgIpc) is 2.82. The second-order valence-electron chi connectivity index (χ2n) is 6.37. The van der Waals surface area contributed by atoms with Gasteiger partial charge in [-0.2, -0.15) is 4.98 Å². The van der Waals surface area contributed by atoms with Crippen molar-refractivity contribution in [3.8, 4) is 0 Å². The summed E-state index contributed by atoms with van der Waals surface area (Å²) in [6, 6.07) is 5.55. The number of fused-ring (bicyclic) bond motifs is 1. The summed E-state index contributed by atoms with van der Waals surface area (Å²) in [4.78, 5) is 17.5. The van der Waals surface area contributed by atoms with Gasteiger partial charge in [-0.25, -0.2) is 9.97 Å². The Morgan fingerprint density at radius 3 is 2.73 bits per heavy atom. The maximum Gasteiger partial charge on any atom is 0.223 e. The van der Waals surface area contributed by atoms with Crippen LogP contribution < -0.4 is 10.6 Å². The summed E-state index contributed by atoms with van der Waals surface area (Å²) in [5.74, 6) is 0.990. The molecule has 4 heterocycles. The van der Waals surface area contributed by atoms with Crippen molar-refractivity contribution in [2.45, 2.75) is 13.0 Å². The van der Waals surface area contributed by atoms with Gasteiger partial charge in [0.1, 0.15) is 16.6 Å². The van der Waals surface area contributed by atoms with Crippen LogP contribution in [0.3, 0.4) is 0 Å². The molecule has 0 atom stereocenters. The van der Waals surface area contributed by atoms with E-state index in [9.17, 15) is 0 Å². The molecule has 136 valence electrons. The maximum atomic E-state index is 6.04. The lowest BCUT2D eigenvalue weighted by molar-refractivity contribution is 0.282. The summed E-state index contributed by atoms with van der Waals surface area (Å²) in [6.07, 6.45) is 4.94. The van der Waals surface area contributed by atoms with Crippen molar-refractivity contribution in [2.24, 2.45) is 0 Å². The van der Waals surface area contributed by atoms with Crippen LogP contribution in [0, 0.1) is 0 Å². The van der Waals surface area contributed by atoms with Gasteiger partial charge in [-0.1, -0.05) is 23.2 Å². The fourth-order valence-electron chi connectivity index (χ4n) is 3.27. The number of imidazole rings is 1. The minimum Gasteiger partial charge on any atom is -0.368 e. The Morgan fingerprint density at radius 1 is 1.00 bits per heavy atom. The minimum absolute atomic E-state index is 0.206. The highest BCUT2D eigenvalue weighted by Crippen LogP contribution is 2.19. The zero-order chi connectivity index (χ0) is 18.1. The van der Waals surface area contributed by atoms with Crippen LogP contribution in [0.4, 0.5) is 11.8 Å². The van der Waals surface area contributed by atoms with Crippen LogP contribution in [0.25, 0.3) is 5.65 Å². The van der Waals surface area contributed by atoms with Crippen molar-refractivity contribution in [2.75, 3.05) is 36.8 Å². The number of nitrogen functional groups attached to an aromatic ring is 1. The number of hydrogen-bond donors (Lipinski definition) is 1. The van der Waals surface area contributed by atoms with Gasteiger partial charge in [-0.3, -0.25) is 4.90 Å². The first-order chi connectivity index (χ1) is 12.6. The van der Waals surface area contributed by atoms with Crippen molar-refractivity contribution in [1.29, 1.82) is 0 Å². The normalized spacial score (nSPS) is 16.2. The molecule has 1 fully saturated rings. The number of pyridine rings is 1. The molecule has 1 aliphatic heterocycles. The minimum atomic E-state index is 0.206. The summed E-state index contributed by atoms with van der Waals surface area (Å²) in [7, 11) is 0. The molecule has 0 unspecified atom stereocenters. The van der Waals surface area contributed by atoms with Crippen molar-refractivity contribution in [3.05, 3.63) is 46.5 Å². The third kappa shape index (κ3) is 3.85. The van der Waals surface area contributed by atoms with E-state index in [2.05, 4.69) is 24.8 Å². The van der Waals surface area contributed by atoms with Crippen molar-refractivity contribution < 1.29 is 0 Å². The molecular formula is C17H19Cl2N7. The Hall–Kier alpha value is -2.09. The molecule has 1 aliphatic rings. The summed E-state index contributed by atoms with van der Waals surface area (Å²) in [5.41, 5.74) is 7.66. The van der Waals surface area contributed by atoms with Gasteiger partial charge in [-0.15, -0.1) is 0 Å². The second-order valence-corrected chi connectivity index (χ2v) is 7.19. The third-order valence-electron chi connectivity index (χ3n) is 4.46. The Bertz CT molecular complexity index is 906. The number of halogens is 2. The lowest BCUT2D eigenvalue weighted by Crippen LogP contribution is -2.31. The molecule has 0 aromatic carbocycles. The fourth-order valence-corrected chi connectivity index (χ4v) is 3.62. The summed E-state index contributed by atoms with van der Waals surface area (Å²) in [6.45, 7) is 4.48. The standard InChI is InChI=1S/C17H19Cl2N7/c18-12-2-3-15-21-13(11-26(15)9-12)10-24-4-1-5-25(7-6-24)16-8-14(19)22-17(20)23-16/h2-3,8-9,11H,1,4-7,10H2,(H2,20,22,23). The Labute approximate surface area is 161 Å². The Kier molecular flexibility index (Phi) is 4.84. The predicted octanol–water partition coefficient (Wildman–Crippen LogP) is 2.73. The van der Waals surface area contributed by atoms with Crippen LogP contribution in [-0.2, 0) is 6.54 Å². The van der Waals surface area contributed by atoms with Crippen molar-refractivity contribution in [1.82, 2.24) is 24.3 Å². The van der Waals surface area contributed by atoms with Gasteiger partial charge >= 0.3 is 0 Å². The summed E-state index contributed by atoms with van der Waals surface area (Å²) < 4.78 is 1.97.